The van der Waals surface area contributed by atoms with Crippen LogP contribution in [0.4, 0.5) is 0 Å². The quantitative estimate of drug-likeness (QED) is 0.680. The van der Waals surface area contributed by atoms with Crippen molar-refractivity contribution in [2.24, 2.45) is 5.41 Å². The van der Waals surface area contributed by atoms with Crippen LogP contribution in [-0.2, 0) is 12.0 Å². The molecule has 1 aromatic rings. The molecule has 0 amide bonds. The minimum absolute atomic E-state index is 0.210. The predicted molar refractivity (Wildman–Crippen MR) is 62.8 cm³/mol. The topological polar surface area (TPSA) is 12.0 Å². The Morgan fingerprint density at radius 3 is 2.87 bits per heavy atom. The Balaban J connectivity index is 2.17. The average Bonchev–Trinajstić information content (AvgIpc) is 2.47. The Hall–Kier alpha value is -0.820. The van der Waals surface area contributed by atoms with Crippen LogP contribution in [0, 0.1) is 5.41 Å². The molecular formula is C14H19N. The van der Waals surface area contributed by atoms with Crippen LogP contribution >= 0.6 is 0 Å². The number of piperidine rings is 1. The summed E-state index contributed by atoms with van der Waals surface area (Å²) in [5, 5.41) is 3.75. The number of hydrogen-bond acceptors (Lipinski definition) is 1. The fourth-order valence-corrected chi connectivity index (χ4v) is 3.55. The summed E-state index contributed by atoms with van der Waals surface area (Å²) < 4.78 is 0. The molecule has 0 spiro atoms. The first-order valence-electron chi connectivity index (χ1n) is 5.99. The molecule has 1 aliphatic carbocycles. The second kappa shape index (κ2) is 2.85. The van der Waals surface area contributed by atoms with Crippen molar-refractivity contribution >= 4 is 0 Å². The highest BCUT2D eigenvalue weighted by molar-refractivity contribution is 5.42. The van der Waals surface area contributed by atoms with Gasteiger partial charge in [-0.15, -0.1) is 0 Å². The van der Waals surface area contributed by atoms with Gasteiger partial charge in [-0.2, -0.15) is 0 Å². The zero-order valence-corrected chi connectivity index (χ0v) is 9.64. The number of fused-ring (bicyclic) bond motifs is 3. The molecule has 1 heteroatoms. The Labute approximate surface area is 91.9 Å². The third kappa shape index (κ3) is 1.07. The van der Waals surface area contributed by atoms with Gasteiger partial charge in [0.1, 0.15) is 0 Å². The summed E-state index contributed by atoms with van der Waals surface area (Å²) in [6, 6.07) is 8.94. The first-order chi connectivity index (χ1) is 7.16. The Kier molecular flexibility index (Phi) is 1.79. The van der Waals surface area contributed by atoms with Crippen molar-refractivity contribution in [1.82, 2.24) is 5.32 Å². The van der Waals surface area contributed by atoms with Gasteiger partial charge in [-0.25, -0.2) is 0 Å². The molecule has 3 rings (SSSR count). The molecule has 0 bridgehead atoms. The Bertz CT molecular complexity index is 398. The minimum Gasteiger partial charge on any atom is -0.307 e. The SMILES string of the molecule is CC12CCCNC1(C)c1ccccc1C2. The van der Waals surface area contributed by atoms with Gasteiger partial charge in [-0.1, -0.05) is 31.2 Å². The van der Waals surface area contributed by atoms with Crippen LogP contribution in [0.1, 0.15) is 37.8 Å². The zero-order chi connectivity index (χ0) is 10.5. The van der Waals surface area contributed by atoms with Gasteiger partial charge in [-0.05, 0) is 49.3 Å². The highest BCUT2D eigenvalue weighted by atomic mass is 15.0. The van der Waals surface area contributed by atoms with Gasteiger partial charge in [0.25, 0.3) is 0 Å². The average molecular weight is 201 g/mol. The normalized spacial score (nSPS) is 38.5. The zero-order valence-electron chi connectivity index (χ0n) is 9.64. The van der Waals surface area contributed by atoms with E-state index in [9.17, 15) is 0 Å². The second-order valence-electron chi connectivity index (χ2n) is 5.55. The van der Waals surface area contributed by atoms with Crippen LogP contribution in [0.5, 0.6) is 0 Å². The highest BCUT2D eigenvalue weighted by Gasteiger charge is 2.52. The summed E-state index contributed by atoms with van der Waals surface area (Å²) in [6.45, 7) is 6.00. The molecule has 1 aromatic carbocycles. The molecule has 80 valence electrons. The van der Waals surface area contributed by atoms with E-state index in [0.717, 1.165) is 0 Å². The lowest BCUT2D eigenvalue weighted by molar-refractivity contribution is 0.0887. The van der Waals surface area contributed by atoms with E-state index in [1.807, 2.05) is 0 Å². The summed E-state index contributed by atoms with van der Waals surface area (Å²) in [4.78, 5) is 0. The number of benzene rings is 1. The van der Waals surface area contributed by atoms with Gasteiger partial charge < -0.3 is 5.32 Å². The standard InChI is InChI=1S/C14H19N/c1-13-8-5-9-15-14(13,2)12-7-4-3-6-11(12)10-13/h3-4,6-7,15H,5,8-10H2,1-2H3. The molecule has 15 heavy (non-hydrogen) atoms. The number of nitrogens with one attached hydrogen (secondary N) is 1. The van der Waals surface area contributed by atoms with Gasteiger partial charge in [0, 0.05) is 5.54 Å². The van der Waals surface area contributed by atoms with E-state index in [1.54, 1.807) is 5.56 Å². The fraction of sp³-hybridized carbons (Fsp3) is 0.571. The van der Waals surface area contributed by atoms with E-state index in [1.165, 1.54) is 31.4 Å². The lowest BCUT2D eigenvalue weighted by Gasteiger charge is -2.46. The summed E-state index contributed by atoms with van der Waals surface area (Å²) >= 11 is 0. The van der Waals surface area contributed by atoms with Crippen LogP contribution in [0.15, 0.2) is 24.3 Å². The van der Waals surface area contributed by atoms with E-state index in [-0.39, 0.29) is 5.54 Å². The van der Waals surface area contributed by atoms with Crippen LogP contribution < -0.4 is 5.32 Å². The molecule has 1 heterocycles. The summed E-state index contributed by atoms with van der Waals surface area (Å²) in [6.07, 6.45) is 3.91. The van der Waals surface area contributed by atoms with Crippen molar-refractivity contribution < 1.29 is 0 Å². The van der Waals surface area contributed by atoms with Crippen LogP contribution in [0.25, 0.3) is 0 Å². The summed E-state index contributed by atoms with van der Waals surface area (Å²) in [7, 11) is 0. The van der Waals surface area contributed by atoms with E-state index < -0.39 is 0 Å². The highest BCUT2D eigenvalue weighted by Crippen LogP contribution is 2.53. The first kappa shape index (κ1) is 9.41. The maximum absolute atomic E-state index is 3.75. The molecule has 0 saturated carbocycles. The predicted octanol–water partition coefficient (Wildman–Crippen LogP) is 2.85. The lowest BCUT2D eigenvalue weighted by atomic mass is 9.67. The number of rotatable bonds is 0. The lowest BCUT2D eigenvalue weighted by Crippen LogP contribution is -2.53. The molecule has 1 fully saturated rings. The minimum atomic E-state index is 0.210. The van der Waals surface area contributed by atoms with Crippen molar-refractivity contribution in [3.05, 3.63) is 35.4 Å². The number of hydrogen-bond donors (Lipinski definition) is 1. The molecule has 0 aromatic heterocycles. The first-order valence-corrected chi connectivity index (χ1v) is 5.99. The van der Waals surface area contributed by atoms with Gasteiger partial charge in [0.05, 0.1) is 0 Å². The molecule has 2 atom stereocenters. The fourth-order valence-electron chi connectivity index (χ4n) is 3.55. The van der Waals surface area contributed by atoms with E-state index >= 15 is 0 Å². The second-order valence-corrected chi connectivity index (χ2v) is 5.55. The van der Waals surface area contributed by atoms with Crippen LogP contribution in [-0.4, -0.2) is 6.54 Å². The van der Waals surface area contributed by atoms with E-state index in [2.05, 4.69) is 43.4 Å². The molecule has 1 aliphatic heterocycles. The summed E-state index contributed by atoms with van der Waals surface area (Å²) in [5.74, 6) is 0. The third-order valence-electron chi connectivity index (χ3n) is 4.73. The molecular weight excluding hydrogens is 182 g/mol. The molecule has 1 N–H and O–H groups in total. The smallest absolute Gasteiger partial charge is 0.0466 e. The molecule has 1 nitrogen and oxygen atoms in total. The van der Waals surface area contributed by atoms with E-state index in [4.69, 9.17) is 0 Å². The van der Waals surface area contributed by atoms with Crippen molar-refractivity contribution in [3.63, 3.8) is 0 Å². The molecule has 1 saturated heterocycles. The van der Waals surface area contributed by atoms with Crippen LogP contribution in [0.3, 0.4) is 0 Å². The van der Waals surface area contributed by atoms with Gasteiger partial charge >= 0.3 is 0 Å². The van der Waals surface area contributed by atoms with Crippen molar-refractivity contribution in [2.75, 3.05) is 6.54 Å². The molecule has 0 radical (unpaired) electrons. The monoisotopic (exact) mass is 201 g/mol. The van der Waals surface area contributed by atoms with Crippen molar-refractivity contribution in [2.45, 2.75) is 38.6 Å². The van der Waals surface area contributed by atoms with Crippen molar-refractivity contribution in [3.8, 4) is 0 Å². The van der Waals surface area contributed by atoms with Crippen LogP contribution in [0.2, 0.25) is 0 Å². The van der Waals surface area contributed by atoms with E-state index in [0.29, 0.717) is 5.41 Å². The Morgan fingerprint density at radius 1 is 1.20 bits per heavy atom. The van der Waals surface area contributed by atoms with Gasteiger partial charge in [-0.3, -0.25) is 0 Å². The molecule has 2 unspecified atom stereocenters. The largest absolute Gasteiger partial charge is 0.307 e. The molecule has 2 aliphatic rings. The maximum Gasteiger partial charge on any atom is 0.0466 e. The van der Waals surface area contributed by atoms with Crippen molar-refractivity contribution in [1.29, 1.82) is 0 Å². The Morgan fingerprint density at radius 2 is 2.00 bits per heavy atom. The van der Waals surface area contributed by atoms with Gasteiger partial charge in [0.2, 0.25) is 0 Å². The summed E-state index contributed by atoms with van der Waals surface area (Å²) in [5.41, 5.74) is 3.72. The third-order valence-corrected chi connectivity index (χ3v) is 4.73. The van der Waals surface area contributed by atoms with Gasteiger partial charge in [0.15, 0.2) is 0 Å². The maximum atomic E-state index is 3.75.